The van der Waals surface area contributed by atoms with E-state index >= 15 is 0 Å². The largest absolute Gasteiger partial charge is 0.391 e. The Labute approximate surface area is 133 Å². The summed E-state index contributed by atoms with van der Waals surface area (Å²) >= 11 is 0. The first-order chi connectivity index (χ1) is 11.4. The van der Waals surface area contributed by atoms with Gasteiger partial charge in [-0.05, 0) is 16.8 Å². The molecule has 0 aliphatic rings. The fourth-order valence-corrected chi connectivity index (χ4v) is 2.84. The van der Waals surface area contributed by atoms with Gasteiger partial charge in [-0.25, -0.2) is 0 Å². The van der Waals surface area contributed by atoms with E-state index in [1.165, 1.54) is 5.39 Å². The Kier molecular flexibility index (Phi) is 3.41. The Balaban J connectivity index is 1.86. The van der Waals surface area contributed by atoms with Gasteiger partial charge in [-0.15, -0.1) is 0 Å². The highest BCUT2D eigenvalue weighted by molar-refractivity contribution is 5.87. The van der Waals surface area contributed by atoms with Crippen LogP contribution in [-0.4, -0.2) is 10.3 Å². The second-order valence-electron chi connectivity index (χ2n) is 5.42. The Hall–Kier alpha value is -2.91. The molecule has 4 rings (SSSR count). The lowest BCUT2D eigenvalue weighted by atomic mass is 10.0. The van der Waals surface area contributed by atoms with Crippen molar-refractivity contribution < 1.29 is 9.63 Å². The Bertz CT molecular complexity index is 958. The van der Waals surface area contributed by atoms with Crippen molar-refractivity contribution in [2.24, 2.45) is 0 Å². The quantitative estimate of drug-likeness (QED) is 0.599. The highest BCUT2D eigenvalue weighted by Crippen LogP contribution is 2.33. The molecule has 0 bridgehead atoms. The third-order valence-electron chi connectivity index (χ3n) is 4.01. The molecule has 1 N–H and O–H groups in total. The van der Waals surface area contributed by atoms with Crippen LogP contribution in [0.25, 0.3) is 33.4 Å². The van der Waals surface area contributed by atoms with Gasteiger partial charge in [0, 0.05) is 11.1 Å². The molecule has 4 aromatic rings. The molecule has 0 aliphatic carbocycles. The fraction of sp³-hybridized carbons (Fsp3) is 0.0500. The van der Waals surface area contributed by atoms with Crippen LogP contribution in [0.3, 0.4) is 0 Å². The molecule has 1 aromatic heterocycles. The van der Waals surface area contributed by atoms with E-state index in [0.29, 0.717) is 17.0 Å². The second kappa shape index (κ2) is 5.71. The van der Waals surface area contributed by atoms with E-state index in [-0.39, 0.29) is 6.61 Å². The van der Waals surface area contributed by atoms with E-state index in [4.69, 9.17) is 4.52 Å². The van der Waals surface area contributed by atoms with Gasteiger partial charge >= 0.3 is 0 Å². The number of benzene rings is 3. The van der Waals surface area contributed by atoms with Crippen molar-refractivity contribution in [3.05, 3.63) is 78.4 Å². The van der Waals surface area contributed by atoms with Crippen LogP contribution in [0.2, 0.25) is 0 Å². The van der Waals surface area contributed by atoms with Crippen LogP contribution in [0.4, 0.5) is 0 Å². The summed E-state index contributed by atoms with van der Waals surface area (Å²) in [6.45, 7) is -0.115. The van der Waals surface area contributed by atoms with Crippen molar-refractivity contribution in [1.82, 2.24) is 5.16 Å². The molecule has 0 unspecified atom stereocenters. The molecule has 0 radical (unpaired) electrons. The van der Waals surface area contributed by atoms with E-state index in [9.17, 15) is 5.11 Å². The van der Waals surface area contributed by atoms with Gasteiger partial charge in [-0.3, -0.25) is 0 Å². The van der Waals surface area contributed by atoms with Crippen molar-refractivity contribution in [3.63, 3.8) is 0 Å². The van der Waals surface area contributed by atoms with Gasteiger partial charge in [0.25, 0.3) is 0 Å². The molecular formula is C20H15NO2. The first kappa shape index (κ1) is 13.7. The minimum atomic E-state index is -0.115. The molecule has 0 atom stereocenters. The van der Waals surface area contributed by atoms with Gasteiger partial charge in [0.2, 0.25) is 0 Å². The van der Waals surface area contributed by atoms with E-state index < -0.39 is 0 Å². The lowest BCUT2D eigenvalue weighted by Crippen LogP contribution is -1.89. The van der Waals surface area contributed by atoms with Crippen molar-refractivity contribution in [3.8, 4) is 22.6 Å². The summed E-state index contributed by atoms with van der Waals surface area (Å²) in [6.07, 6.45) is 0. The van der Waals surface area contributed by atoms with Crippen molar-refractivity contribution >= 4 is 10.8 Å². The molecule has 112 valence electrons. The van der Waals surface area contributed by atoms with Gasteiger partial charge in [-0.1, -0.05) is 71.9 Å². The zero-order chi connectivity index (χ0) is 15.6. The normalized spacial score (nSPS) is 11.0. The predicted octanol–water partition coefficient (Wildman–Crippen LogP) is 4.65. The monoisotopic (exact) mass is 301 g/mol. The molecule has 0 fully saturated rings. The van der Waals surface area contributed by atoms with Crippen LogP contribution in [0.5, 0.6) is 0 Å². The van der Waals surface area contributed by atoms with Crippen LogP contribution < -0.4 is 0 Å². The first-order valence-corrected chi connectivity index (χ1v) is 7.51. The summed E-state index contributed by atoms with van der Waals surface area (Å²) in [5.41, 5.74) is 3.26. The van der Waals surface area contributed by atoms with Crippen LogP contribution in [0.1, 0.15) is 5.56 Å². The number of aliphatic hydroxyl groups excluding tert-OH is 1. The van der Waals surface area contributed by atoms with E-state index in [1.807, 2.05) is 48.5 Å². The van der Waals surface area contributed by atoms with Crippen LogP contribution >= 0.6 is 0 Å². The van der Waals surface area contributed by atoms with E-state index in [2.05, 4.69) is 29.4 Å². The molecule has 1 heterocycles. The smallest absolute Gasteiger partial charge is 0.173 e. The molecule has 3 heteroatoms. The number of fused-ring (bicyclic) bond motifs is 1. The standard InChI is InChI=1S/C20H15NO2/c22-13-18-19(21-23-20(18)15-7-2-1-3-8-15)17-11-10-14-6-4-5-9-16(14)12-17/h1-12,22H,13H2. The number of hydrogen-bond acceptors (Lipinski definition) is 3. The highest BCUT2D eigenvalue weighted by Gasteiger charge is 2.18. The molecule has 3 aromatic carbocycles. The average molecular weight is 301 g/mol. The third-order valence-corrected chi connectivity index (χ3v) is 4.01. The van der Waals surface area contributed by atoms with Gasteiger partial charge in [0.05, 0.1) is 12.2 Å². The topological polar surface area (TPSA) is 46.3 Å². The maximum atomic E-state index is 9.82. The minimum absolute atomic E-state index is 0.115. The lowest BCUT2D eigenvalue weighted by Gasteiger charge is -2.03. The van der Waals surface area contributed by atoms with Crippen molar-refractivity contribution in [1.29, 1.82) is 0 Å². The molecule has 23 heavy (non-hydrogen) atoms. The van der Waals surface area contributed by atoms with Gasteiger partial charge in [0.15, 0.2) is 5.76 Å². The number of rotatable bonds is 3. The summed E-state index contributed by atoms with van der Waals surface area (Å²) in [4.78, 5) is 0. The van der Waals surface area contributed by atoms with Gasteiger partial charge < -0.3 is 9.63 Å². The Morgan fingerprint density at radius 1 is 0.783 bits per heavy atom. The molecule has 0 amide bonds. The molecular weight excluding hydrogens is 286 g/mol. The minimum Gasteiger partial charge on any atom is -0.391 e. The SMILES string of the molecule is OCc1c(-c2ccc3ccccc3c2)noc1-c1ccccc1. The Morgan fingerprint density at radius 3 is 2.30 bits per heavy atom. The molecule has 0 saturated carbocycles. The Morgan fingerprint density at radius 2 is 1.52 bits per heavy atom. The highest BCUT2D eigenvalue weighted by atomic mass is 16.5. The zero-order valence-corrected chi connectivity index (χ0v) is 12.4. The molecule has 0 spiro atoms. The predicted molar refractivity (Wildman–Crippen MR) is 90.8 cm³/mol. The lowest BCUT2D eigenvalue weighted by molar-refractivity contribution is 0.281. The van der Waals surface area contributed by atoms with E-state index in [1.54, 1.807) is 0 Å². The van der Waals surface area contributed by atoms with Crippen molar-refractivity contribution in [2.75, 3.05) is 0 Å². The molecule has 0 aliphatic heterocycles. The second-order valence-corrected chi connectivity index (χ2v) is 5.42. The number of nitrogens with zero attached hydrogens (tertiary/aromatic N) is 1. The molecule has 0 saturated heterocycles. The van der Waals surface area contributed by atoms with Crippen LogP contribution in [-0.2, 0) is 6.61 Å². The zero-order valence-electron chi connectivity index (χ0n) is 12.4. The van der Waals surface area contributed by atoms with Gasteiger partial charge in [-0.2, -0.15) is 0 Å². The summed E-state index contributed by atoms with van der Waals surface area (Å²) < 4.78 is 5.53. The van der Waals surface area contributed by atoms with Crippen LogP contribution in [0.15, 0.2) is 77.3 Å². The first-order valence-electron chi connectivity index (χ1n) is 7.51. The summed E-state index contributed by atoms with van der Waals surface area (Å²) in [5.74, 6) is 0.622. The summed E-state index contributed by atoms with van der Waals surface area (Å²) in [5, 5.41) is 16.3. The maximum Gasteiger partial charge on any atom is 0.173 e. The maximum absolute atomic E-state index is 9.82. The number of aliphatic hydroxyl groups is 1. The third kappa shape index (κ3) is 2.41. The van der Waals surface area contributed by atoms with Gasteiger partial charge in [0.1, 0.15) is 5.69 Å². The number of aromatic nitrogens is 1. The number of hydrogen-bond donors (Lipinski definition) is 1. The fourth-order valence-electron chi connectivity index (χ4n) is 2.84. The molecule has 3 nitrogen and oxygen atoms in total. The van der Waals surface area contributed by atoms with Crippen molar-refractivity contribution in [2.45, 2.75) is 6.61 Å². The summed E-state index contributed by atoms with van der Waals surface area (Å²) in [7, 11) is 0. The summed E-state index contributed by atoms with van der Waals surface area (Å²) in [6, 6.07) is 24.0. The van der Waals surface area contributed by atoms with E-state index in [0.717, 1.165) is 16.5 Å². The van der Waals surface area contributed by atoms with Crippen LogP contribution in [0, 0.1) is 0 Å². The average Bonchev–Trinajstić information content (AvgIpc) is 3.06.